The molecule has 3 aromatic heterocycles. The lowest BCUT2D eigenvalue weighted by atomic mass is 10.1. The van der Waals surface area contributed by atoms with E-state index in [1.54, 1.807) is 6.20 Å². The molecule has 1 fully saturated rings. The number of anilines is 2. The molecule has 1 saturated heterocycles. The molecule has 1 aliphatic heterocycles. The number of rotatable bonds is 5. The smallest absolute Gasteiger partial charge is 0.282 e. The maximum atomic E-state index is 12.9. The van der Waals surface area contributed by atoms with Crippen LogP contribution in [0.3, 0.4) is 0 Å². The molecule has 0 unspecified atom stereocenters. The Hall–Kier alpha value is -3.27. The van der Waals surface area contributed by atoms with Crippen molar-refractivity contribution in [2.45, 2.75) is 26.2 Å². The van der Waals surface area contributed by atoms with Crippen LogP contribution in [0, 0.1) is 0 Å². The number of amides is 1. The lowest BCUT2D eigenvalue weighted by Gasteiger charge is -2.25. The maximum absolute atomic E-state index is 12.9. The summed E-state index contributed by atoms with van der Waals surface area (Å²) in [6.45, 7) is 4.03. The summed E-state index contributed by atoms with van der Waals surface area (Å²) in [5, 5.41) is 11.7. The van der Waals surface area contributed by atoms with Gasteiger partial charge in [-0.2, -0.15) is 5.10 Å². The number of thiazole rings is 1. The zero-order valence-electron chi connectivity index (χ0n) is 16.5. The van der Waals surface area contributed by atoms with Gasteiger partial charge >= 0.3 is 0 Å². The van der Waals surface area contributed by atoms with Crippen LogP contribution in [0.1, 0.15) is 36.0 Å². The molecule has 4 aromatic rings. The van der Waals surface area contributed by atoms with E-state index < -0.39 is 0 Å². The molecule has 10 heteroatoms. The van der Waals surface area contributed by atoms with Gasteiger partial charge in [0.15, 0.2) is 10.8 Å². The van der Waals surface area contributed by atoms with E-state index >= 15 is 0 Å². The Labute approximate surface area is 176 Å². The zero-order valence-corrected chi connectivity index (χ0v) is 17.3. The number of carbonyl (C=O) groups is 1. The van der Waals surface area contributed by atoms with Crippen molar-refractivity contribution < 1.29 is 9.53 Å². The van der Waals surface area contributed by atoms with Gasteiger partial charge in [-0.05, 0) is 32.3 Å². The van der Waals surface area contributed by atoms with Crippen molar-refractivity contribution in [3.05, 3.63) is 29.7 Å². The number of nitrogens with one attached hydrogen (secondary N) is 2. The predicted molar refractivity (Wildman–Crippen MR) is 116 cm³/mol. The number of hydrogen-bond acceptors (Lipinski definition) is 8. The first-order valence-corrected chi connectivity index (χ1v) is 10.8. The largest absolute Gasteiger partial charge is 0.492 e. The summed E-state index contributed by atoms with van der Waals surface area (Å²) in [5.41, 5.74) is 2.22. The summed E-state index contributed by atoms with van der Waals surface area (Å²) in [5.74, 6) is 1.19. The molecule has 0 bridgehead atoms. The van der Waals surface area contributed by atoms with Gasteiger partial charge < -0.3 is 15.0 Å². The molecule has 5 rings (SSSR count). The fourth-order valence-electron chi connectivity index (χ4n) is 3.64. The Morgan fingerprint density at radius 2 is 2.13 bits per heavy atom. The third-order valence-corrected chi connectivity index (χ3v) is 6.07. The third-order valence-electron chi connectivity index (χ3n) is 5.11. The lowest BCUT2D eigenvalue weighted by Crippen LogP contribution is -2.35. The highest BCUT2D eigenvalue weighted by Crippen LogP contribution is 2.34. The van der Waals surface area contributed by atoms with E-state index in [1.807, 2.05) is 24.0 Å². The van der Waals surface area contributed by atoms with Gasteiger partial charge in [-0.3, -0.25) is 9.89 Å². The standard InChI is InChI=1S/C20H21N7O2S/c1-2-29-15-9-13-12(10-23-26-13)8-14(15)24-17-16-18(22-11-21-17)30-19(25-16)20(28)27-6-4-3-5-7-27/h8-11H,2-7H2,1H3,(H,23,26)(H,21,22,24). The van der Waals surface area contributed by atoms with Gasteiger partial charge in [-0.15, -0.1) is 0 Å². The Morgan fingerprint density at radius 3 is 2.97 bits per heavy atom. The van der Waals surface area contributed by atoms with Gasteiger partial charge in [0.05, 0.1) is 24.0 Å². The minimum Gasteiger partial charge on any atom is -0.492 e. The number of carbonyl (C=O) groups excluding carboxylic acids is 1. The maximum Gasteiger partial charge on any atom is 0.282 e. The highest BCUT2D eigenvalue weighted by molar-refractivity contribution is 7.19. The van der Waals surface area contributed by atoms with Crippen molar-refractivity contribution in [1.29, 1.82) is 0 Å². The normalized spacial score (nSPS) is 14.4. The molecule has 1 aliphatic rings. The quantitative estimate of drug-likeness (QED) is 0.503. The van der Waals surface area contributed by atoms with Crippen molar-refractivity contribution in [2.24, 2.45) is 0 Å². The van der Waals surface area contributed by atoms with Gasteiger partial charge in [0.25, 0.3) is 5.91 Å². The molecule has 9 nitrogen and oxygen atoms in total. The topological polar surface area (TPSA) is 109 Å². The van der Waals surface area contributed by atoms with Crippen molar-refractivity contribution in [1.82, 2.24) is 30.0 Å². The zero-order chi connectivity index (χ0) is 20.5. The molecule has 1 aromatic carbocycles. The third kappa shape index (κ3) is 3.43. The molecule has 0 spiro atoms. The average molecular weight is 424 g/mol. The molecule has 30 heavy (non-hydrogen) atoms. The SMILES string of the molecule is CCOc1cc2[nH]ncc2cc1Nc1ncnc2sc(C(=O)N3CCCCC3)nc12. The van der Waals surface area contributed by atoms with E-state index in [0.29, 0.717) is 33.5 Å². The summed E-state index contributed by atoms with van der Waals surface area (Å²) in [6.07, 6.45) is 6.49. The Morgan fingerprint density at radius 1 is 1.27 bits per heavy atom. The van der Waals surface area contributed by atoms with Gasteiger partial charge in [0.2, 0.25) is 0 Å². The van der Waals surface area contributed by atoms with E-state index in [1.165, 1.54) is 24.1 Å². The van der Waals surface area contributed by atoms with Crippen LogP contribution in [0.2, 0.25) is 0 Å². The second-order valence-electron chi connectivity index (χ2n) is 7.11. The second-order valence-corrected chi connectivity index (χ2v) is 8.09. The number of H-pyrrole nitrogens is 1. The molecular weight excluding hydrogens is 402 g/mol. The van der Waals surface area contributed by atoms with Gasteiger partial charge in [0, 0.05) is 24.5 Å². The molecule has 1 amide bonds. The predicted octanol–water partition coefficient (Wildman–Crippen LogP) is 3.73. The minimum absolute atomic E-state index is 0.0292. The molecule has 154 valence electrons. The van der Waals surface area contributed by atoms with E-state index in [-0.39, 0.29) is 5.91 Å². The number of piperidine rings is 1. The van der Waals surface area contributed by atoms with E-state index in [9.17, 15) is 4.79 Å². The van der Waals surface area contributed by atoms with Crippen molar-refractivity contribution >= 4 is 50.0 Å². The Kier molecular flexibility index (Phi) is 4.91. The van der Waals surface area contributed by atoms with Crippen LogP contribution in [-0.2, 0) is 0 Å². The van der Waals surface area contributed by atoms with Gasteiger partial charge in [-0.1, -0.05) is 11.3 Å². The summed E-state index contributed by atoms with van der Waals surface area (Å²) < 4.78 is 5.79. The van der Waals surface area contributed by atoms with Crippen LogP contribution in [0.25, 0.3) is 21.3 Å². The number of likely N-dealkylation sites (tertiary alicyclic amines) is 1. The highest BCUT2D eigenvalue weighted by atomic mass is 32.1. The molecule has 0 aliphatic carbocycles. The summed E-state index contributed by atoms with van der Waals surface area (Å²) in [7, 11) is 0. The average Bonchev–Trinajstić information content (AvgIpc) is 3.41. The summed E-state index contributed by atoms with van der Waals surface area (Å²) >= 11 is 1.30. The summed E-state index contributed by atoms with van der Waals surface area (Å²) in [4.78, 5) is 28.7. The lowest BCUT2D eigenvalue weighted by molar-refractivity contribution is 0.0724. The van der Waals surface area contributed by atoms with Crippen LogP contribution in [-0.4, -0.2) is 55.7 Å². The Bertz CT molecular complexity index is 1210. The molecular formula is C20H21N7O2S. The molecule has 2 N–H and O–H groups in total. The first kappa shape index (κ1) is 18.7. The summed E-state index contributed by atoms with van der Waals surface area (Å²) in [6, 6.07) is 3.85. The molecule has 0 radical (unpaired) electrons. The van der Waals surface area contributed by atoms with E-state index in [2.05, 4.69) is 30.5 Å². The first-order valence-electron chi connectivity index (χ1n) is 10.0. The fraction of sp³-hybridized carbons (Fsp3) is 0.350. The van der Waals surface area contributed by atoms with Crippen molar-refractivity contribution in [3.63, 3.8) is 0 Å². The van der Waals surface area contributed by atoms with Gasteiger partial charge in [0.1, 0.15) is 22.4 Å². The number of hydrogen-bond donors (Lipinski definition) is 2. The molecule has 4 heterocycles. The van der Waals surface area contributed by atoms with Crippen molar-refractivity contribution in [3.8, 4) is 5.75 Å². The van der Waals surface area contributed by atoms with Crippen LogP contribution >= 0.6 is 11.3 Å². The Balaban J connectivity index is 1.50. The number of aromatic nitrogens is 5. The number of aromatic amines is 1. The van der Waals surface area contributed by atoms with Crippen molar-refractivity contribution in [2.75, 3.05) is 25.0 Å². The number of ether oxygens (including phenoxy) is 1. The van der Waals surface area contributed by atoms with Crippen LogP contribution in [0.4, 0.5) is 11.5 Å². The van der Waals surface area contributed by atoms with Gasteiger partial charge in [-0.25, -0.2) is 15.0 Å². The highest BCUT2D eigenvalue weighted by Gasteiger charge is 2.23. The van der Waals surface area contributed by atoms with E-state index in [4.69, 9.17) is 4.74 Å². The second kappa shape index (κ2) is 7.86. The monoisotopic (exact) mass is 423 g/mol. The number of nitrogens with zero attached hydrogens (tertiary/aromatic N) is 5. The molecule has 0 atom stereocenters. The number of benzene rings is 1. The number of fused-ring (bicyclic) bond motifs is 2. The fourth-order valence-corrected chi connectivity index (χ4v) is 4.52. The minimum atomic E-state index is -0.0292. The van der Waals surface area contributed by atoms with Crippen LogP contribution in [0.15, 0.2) is 24.7 Å². The van der Waals surface area contributed by atoms with Crippen LogP contribution < -0.4 is 10.1 Å². The first-order chi connectivity index (χ1) is 14.7. The van der Waals surface area contributed by atoms with E-state index in [0.717, 1.165) is 42.5 Å². The van der Waals surface area contributed by atoms with Crippen LogP contribution in [0.5, 0.6) is 5.75 Å². The molecule has 0 saturated carbocycles.